The molecule has 35 heavy (non-hydrogen) atoms. The maximum Gasteiger partial charge on any atom is 0.210 e. The molecular weight excluding hydrogens is 553 g/mol. The molecule has 1 aromatic heterocycles. The van der Waals surface area contributed by atoms with Crippen LogP contribution in [0.25, 0.3) is 10.9 Å². The van der Waals surface area contributed by atoms with Gasteiger partial charge in [-0.2, -0.15) is 0 Å². The number of H-pyrrole nitrogens is 1. The number of hydrogen-bond donors (Lipinski definition) is 1. The minimum atomic E-state index is -0.0955. The van der Waals surface area contributed by atoms with Gasteiger partial charge < -0.3 is 19.4 Å². The Kier molecular flexibility index (Phi) is 8.26. The molecule has 0 radical (unpaired) electrons. The number of rotatable bonds is 10. The van der Waals surface area contributed by atoms with Crippen LogP contribution in [0.5, 0.6) is 5.75 Å². The molecular formula is C28H34IN3O3. The van der Waals surface area contributed by atoms with E-state index in [0.29, 0.717) is 0 Å². The minimum absolute atomic E-state index is 0.0955. The zero-order valence-corrected chi connectivity index (χ0v) is 22.3. The topological polar surface area (TPSA) is 57.8 Å². The van der Waals surface area contributed by atoms with Gasteiger partial charge in [-0.15, -0.1) is 0 Å². The van der Waals surface area contributed by atoms with Crippen molar-refractivity contribution in [2.45, 2.75) is 38.1 Å². The maximum absolute atomic E-state index is 11.9. The monoisotopic (exact) mass is 587 g/mol. The molecule has 3 heterocycles. The fraction of sp³-hybridized carbons (Fsp3) is 0.464. The third kappa shape index (κ3) is 5.84. The van der Waals surface area contributed by atoms with E-state index >= 15 is 0 Å². The normalized spacial score (nSPS) is 18.5. The molecule has 1 fully saturated rings. The van der Waals surface area contributed by atoms with Crippen LogP contribution < -0.4 is 4.74 Å². The van der Waals surface area contributed by atoms with E-state index < -0.39 is 0 Å². The Hall–Kier alpha value is -2.10. The average Bonchev–Trinajstić information content (AvgIpc) is 3.26. The second kappa shape index (κ2) is 11.8. The van der Waals surface area contributed by atoms with Crippen molar-refractivity contribution in [1.82, 2.24) is 14.8 Å². The highest BCUT2D eigenvalue weighted by Gasteiger charge is 2.31. The molecule has 0 saturated carbocycles. The first-order valence-electron chi connectivity index (χ1n) is 12.8. The number of amides is 1. The van der Waals surface area contributed by atoms with E-state index in [-0.39, 0.29) is 6.04 Å². The highest BCUT2D eigenvalue weighted by molar-refractivity contribution is 14.1. The number of carbonyl (C=O) groups excluding carboxylic acids is 1. The number of aromatic nitrogens is 1. The number of nitrogens with zero attached hydrogens (tertiary/aromatic N) is 2. The fourth-order valence-corrected chi connectivity index (χ4v) is 5.79. The minimum Gasteiger partial charge on any atom is -0.494 e. The lowest BCUT2D eigenvalue weighted by Crippen LogP contribution is -2.36. The van der Waals surface area contributed by atoms with Crippen LogP contribution in [0.2, 0.25) is 0 Å². The van der Waals surface area contributed by atoms with Gasteiger partial charge in [0.2, 0.25) is 6.41 Å². The Morgan fingerprint density at radius 3 is 2.63 bits per heavy atom. The molecule has 1 unspecified atom stereocenters. The number of ether oxygens (including phenoxy) is 2. The van der Waals surface area contributed by atoms with Gasteiger partial charge in [0.15, 0.2) is 0 Å². The van der Waals surface area contributed by atoms with Gasteiger partial charge in [0.05, 0.1) is 25.9 Å². The summed E-state index contributed by atoms with van der Waals surface area (Å²) in [6.07, 6.45) is 6.61. The van der Waals surface area contributed by atoms with Gasteiger partial charge in [0, 0.05) is 39.8 Å². The van der Waals surface area contributed by atoms with Gasteiger partial charge in [-0.05, 0) is 89.9 Å². The standard InChI is InChI=1S/C28H34IN3O3/c29-22-7-10-26-25(19-22)24-11-13-32(20-33)28(27(24)30-26)21-5-8-23(9-6-21)35-16-4-2-1-3-12-31-14-17-34-18-15-31/h5-10,19-20,28,30H,1-4,11-18H2. The lowest BCUT2D eigenvalue weighted by atomic mass is 9.93. The molecule has 3 aromatic rings. The number of hydrogen-bond acceptors (Lipinski definition) is 4. The zero-order valence-electron chi connectivity index (χ0n) is 20.2. The van der Waals surface area contributed by atoms with E-state index in [2.05, 4.69) is 62.8 Å². The summed E-state index contributed by atoms with van der Waals surface area (Å²) < 4.78 is 12.6. The van der Waals surface area contributed by atoms with E-state index in [4.69, 9.17) is 9.47 Å². The Bertz CT molecular complexity index is 1120. The van der Waals surface area contributed by atoms with Crippen LogP contribution in [0, 0.1) is 3.57 Å². The average molecular weight is 588 g/mol. The van der Waals surface area contributed by atoms with Crippen LogP contribution >= 0.6 is 22.6 Å². The summed E-state index contributed by atoms with van der Waals surface area (Å²) in [5.41, 5.74) is 4.70. The molecule has 186 valence electrons. The summed E-state index contributed by atoms with van der Waals surface area (Å²) in [5, 5.41) is 1.27. The molecule has 0 aliphatic carbocycles. The number of carbonyl (C=O) groups is 1. The van der Waals surface area contributed by atoms with Crippen molar-refractivity contribution >= 4 is 39.9 Å². The molecule has 1 N–H and O–H groups in total. The smallest absolute Gasteiger partial charge is 0.210 e. The summed E-state index contributed by atoms with van der Waals surface area (Å²) in [5.74, 6) is 0.891. The number of fused-ring (bicyclic) bond motifs is 3. The molecule has 1 atom stereocenters. The van der Waals surface area contributed by atoms with E-state index in [1.54, 1.807) is 0 Å². The van der Waals surface area contributed by atoms with Gasteiger partial charge in [0.1, 0.15) is 5.75 Å². The summed E-state index contributed by atoms with van der Waals surface area (Å²) in [7, 11) is 0. The van der Waals surface area contributed by atoms with Crippen LogP contribution in [-0.2, 0) is 16.0 Å². The molecule has 6 nitrogen and oxygen atoms in total. The van der Waals surface area contributed by atoms with E-state index in [1.807, 2.05) is 17.0 Å². The summed E-state index contributed by atoms with van der Waals surface area (Å²) in [6.45, 7) is 6.56. The summed E-state index contributed by atoms with van der Waals surface area (Å²) in [4.78, 5) is 19.9. The highest BCUT2D eigenvalue weighted by Crippen LogP contribution is 2.38. The van der Waals surface area contributed by atoms with Crippen molar-refractivity contribution in [1.29, 1.82) is 0 Å². The van der Waals surface area contributed by atoms with Crippen LogP contribution in [0.1, 0.15) is 48.5 Å². The Morgan fingerprint density at radius 2 is 1.83 bits per heavy atom. The molecule has 5 rings (SSSR count). The first-order chi connectivity index (χ1) is 17.2. The number of benzene rings is 2. The van der Waals surface area contributed by atoms with Crippen LogP contribution in [-0.4, -0.2) is 67.2 Å². The van der Waals surface area contributed by atoms with Gasteiger partial charge in [-0.3, -0.25) is 9.69 Å². The Balaban J connectivity index is 1.15. The first-order valence-corrected chi connectivity index (χ1v) is 13.8. The van der Waals surface area contributed by atoms with Crippen molar-refractivity contribution < 1.29 is 14.3 Å². The van der Waals surface area contributed by atoms with Crippen molar-refractivity contribution in [3.05, 3.63) is 62.9 Å². The summed E-state index contributed by atoms with van der Waals surface area (Å²) in [6, 6.07) is 14.7. The van der Waals surface area contributed by atoms with E-state index in [9.17, 15) is 4.79 Å². The molecule has 2 aliphatic heterocycles. The van der Waals surface area contributed by atoms with Crippen molar-refractivity contribution in [2.24, 2.45) is 0 Å². The molecule has 2 aliphatic rings. The van der Waals surface area contributed by atoms with Crippen LogP contribution in [0.3, 0.4) is 0 Å². The number of nitrogens with one attached hydrogen (secondary N) is 1. The van der Waals surface area contributed by atoms with Crippen molar-refractivity contribution in [3.63, 3.8) is 0 Å². The van der Waals surface area contributed by atoms with Gasteiger partial charge in [-0.1, -0.05) is 25.0 Å². The lowest BCUT2D eigenvalue weighted by Gasteiger charge is -2.33. The molecule has 1 saturated heterocycles. The van der Waals surface area contributed by atoms with Crippen molar-refractivity contribution in [3.8, 4) is 5.75 Å². The number of halogens is 1. The second-order valence-corrected chi connectivity index (χ2v) is 10.7. The number of morpholine rings is 1. The Morgan fingerprint density at radius 1 is 1.03 bits per heavy atom. The predicted octanol–water partition coefficient (Wildman–Crippen LogP) is 5.15. The highest BCUT2D eigenvalue weighted by atomic mass is 127. The number of unbranched alkanes of at least 4 members (excludes halogenated alkanes) is 3. The zero-order chi connectivity index (χ0) is 24.0. The van der Waals surface area contributed by atoms with Crippen molar-refractivity contribution in [2.75, 3.05) is 46.0 Å². The summed E-state index contributed by atoms with van der Waals surface area (Å²) >= 11 is 2.36. The van der Waals surface area contributed by atoms with Gasteiger partial charge >= 0.3 is 0 Å². The molecule has 7 heteroatoms. The third-order valence-electron chi connectivity index (χ3n) is 7.20. The van der Waals surface area contributed by atoms with Gasteiger partial charge in [-0.25, -0.2) is 0 Å². The number of aromatic amines is 1. The maximum atomic E-state index is 11.9. The van der Waals surface area contributed by atoms with E-state index in [0.717, 1.165) is 81.2 Å². The van der Waals surface area contributed by atoms with Crippen LogP contribution in [0.4, 0.5) is 0 Å². The molecule has 0 bridgehead atoms. The SMILES string of the molecule is O=CN1CCc2c([nH]c3ccc(I)cc23)C1c1ccc(OCCCCCCN2CCOCC2)cc1. The molecule has 1 amide bonds. The Labute approximate surface area is 221 Å². The largest absolute Gasteiger partial charge is 0.494 e. The predicted molar refractivity (Wildman–Crippen MR) is 147 cm³/mol. The van der Waals surface area contributed by atoms with Gasteiger partial charge in [0.25, 0.3) is 0 Å². The molecule has 0 spiro atoms. The van der Waals surface area contributed by atoms with Crippen LogP contribution in [0.15, 0.2) is 42.5 Å². The quantitative estimate of drug-likeness (QED) is 0.203. The lowest BCUT2D eigenvalue weighted by molar-refractivity contribution is -0.120. The third-order valence-corrected chi connectivity index (χ3v) is 7.87. The first kappa shape index (κ1) is 24.6. The fourth-order valence-electron chi connectivity index (χ4n) is 5.30. The molecule has 2 aromatic carbocycles. The second-order valence-electron chi connectivity index (χ2n) is 9.49. The van der Waals surface area contributed by atoms with E-state index in [1.165, 1.54) is 40.3 Å².